The van der Waals surface area contributed by atoms with Crippen molar-refractivity contribution in [1.82, 2.24) is 25.1 Å². The van der Waals surface area contributed by atoms with Crippen molar-refractivity contribution in [3.63, 3.8) is 0 Å². The number of thioether (sulfide) groups is 1. The minimum absolute atomic E-state index is 0.0152. The third kappa shape index (κ3) is 6.59. The van der Waals surface area contributed by atoms with Gasteiger partial charge in [0.05, 0.1) is 12.3 Å². The second-order valence-electron chi connectivity index (χ2n) is 8.89. The summed E-state index contributed by atoms with van der Waals surface area (Å²) in [6, 6.07) is 15.3. The van der Waals surface area contributed by atoms with Crippen LogP contribution in [0.4, 0.5) is 5.13 Å². The number of carbonyl (C=O) groups is 2. The summed E-state index contributed by atoms with van der Waals surface area (Å²) in [6.45, 7) is 6.58. The lowest BCUT2D eigenvalue weighted by Crippen LogP contribution is -2.25. The summed E-state index contributed by atoms with van der Waals surface area (Å²) < 4.78 is 2.78. The van der Waals surface area contributed by atoms with Crippen LogP contribution in [0, 0.1) is 0 Å². The van der Waals surface area contributed by atoms with Crippen molar-refractivity contribution < 1.29 is 9.59 Å². The van der Waals surface area contributed by atoms with Crippen LogP contribution < -0.4 is 10.6 Å². The zero-order chi connectivity index (χ0) is 25.7. The summed E-state index contributed by atoms with van der Waals surface area (Å²) in [5.41, 5.74) is 2.58. The number of carbonyl (C=O) groups excluding carboxylic acids is 2. The number of hydrogen-bond acceptors (Lipinski definition) is 7. The van der Waals surface area contributed by atoms with E-state index in [0.29, 0.717) is 21.7 Å². The van der Waals surface area contributed by atoms with Crippen LogP contribution in [0.5, 0.6) is 0 Å². The Kier molecular flexibility index (Phi) is 8.22. The van der Waals surface area contributed by atoms with E-state index in [9.17, 15) is 9.59 Å². The number of amides is 2. The van der Waals surface area contributed by atoms with Crippen LogP contribution >= 0.6 is 39.0 Å². The fourth-order valence-corrected chi connectivity index (χ4v) is 4.89. The van der Waals surface area contributed by atoms with Gasteiger partial charge < -0.3 is 10.6 Å². The van der Waals surface area contributed by atoms with Crippen LogP contribution in [-0.4, -0.2) is 37.3 Å². The second kappa shape index (κ2) is 11.4. The normalized spacial score (nSPS) is 11.3. The molecule has 0 saturated carbocycles. The van der Waals surface area contributed by atoms with Crippen molar-refractivity contribution >= 4 is 56.0 Å². The molecule has 0 spiro atoms. The molecule has 11 heteroatoms. The van der Waals surface area contributed by atoms with Crippen molar-refractivity contribution in [3.05, 3.63) is 81.5 Å². The molecule has 0 unspecified atom stereocenters. The van der Waals surface area contributed by atoms with Gasteiger partial charge in [-0.15, -0.1) is 21.5 Å². The maximum atomic E-state index is 12.8. The van der Waals surface area contributed by atoms with Crippen LogP contribution in [0.15, 0.2) is 69.7 Å². The van der Waals surface area contributed by atoms with E-state index >= 15 is 0 Å². The first-order valence-corrected chi connectivity index (χ1v) is 13.8. The Hall–Kier alpha value is -3.02. The van der Waals surface area contributed by atoms with Gasteiger partial charge in [0.25, 0.3) is 5.91 Å². The summed E-state index contributed by atoms with van der Waals surface area (Å²) in [5.74, 6) is 0.312. The Morgan fingerprint density at radius 2 is 1.78 bits per heavy atom. The van der Waals surface area contributed by atoms with Crippen molar-refractivity contribution in [2.75, 3.05) is 11.1 Å². The fraction of sp³-hybridized carbons (Fsp3) is 0.240. The average molecular weight is 586 g/mol. The molecule has 2 aromatic carbocycles. The largest absolute Gasteiger partial charge is 0.345 e. The molecule has 2 heterocycles. The third-order valence-electron chi connectivity index (χ3n) is 5.22. The van der Waals surface area contributed by atoms with E-state index < -0.39 is 0 Å². The Bertz CT molecular complexity index is 1330. The lowest BCUT2D eigenvalue weighted by molar-refractivity contribution is -0.113. The van der Waals surface area contributed by atoms with Gasteiger partial charge in [-0.3, -0.25) is 14.2 Å². The van der Waals surface area contributed by atoms with Gasteiger partial charge in [0, 0.05) is 27.3 Å². The summed E-state index contributed by atoms with van der Waals surface area (Å²) >= 11 is 6.07. The SMILES string of the molecule is CC(C)(C)c1ccc(C(=O)NCc2nnc(SCC(=O)Nc3nccs3)n2-c2ccc(Br)cc2)cc1. The maximum absolute atomic E-state index is 12.8. The van der Waals surface area contributed by atoms with Crippen molar-refractivity contribution in [2.45, 2.75) is 37.9 Å². The monoisotopic (exact) mass is 584 g/mol. The van der Waals surface area contributed by atoms with Gasteiger partial charge >= 0.3 is 0 Å². The van der Waals surface area contributed by atoms with Gasteiger partial charge in [0.1, 0.15) is 0 Å². The summed E-state index contributed by atoms with van der Waals surface area (Å²) in [7, 11) is 0. The zero-order valence-corrected chi connectivity index (χ0v) is 23.2. The number of aromatic nitrogens is 4. The first kappa shape index (κ1) is 26.1. The predicted molar refractivity (Wildman–Crippen MR) is 147 cm³/mol. The molecule has 36 heavy (non-hydrogen) atoms. The Morgan fingerprint density at radius 1 is 1.06 bits per heavy atom. The Balaban J connectivity index is 1.49. The third-order valence-corrected chi connectivity index (χ3v) is 7.36. The van der Waals surface area contributed by atoms with E-state index in [1.54, 1.807) is 11.6 Å². The standard InChI is InChI=1S/C25H25BrN6O2S2/c1-25(2,3)17-6-4-16(5-7-17)22(34)28-14-20-30-31-24(32(20)19-10-8-18(26)9-11-19)36-15-21(33)29-23-27-12-13-35-23/h4-13H,14-15H2,1-3H3,(H,28,34)(H,27,29,33). The van der Waals surface area contributed by atoms with Crippen LogP contribution in [0.3, 0.4) is 0 Å². The Morgan fingerprint density at radius 3 is 2.42 bits per heavy atom. The number of thiazole rings is 1. The number of halogens is 1. The van der Waals surface area contributed by atoms with E-state index in [1.807, 2.05) is 53.1 Å². The molecule has 0 aliphatic rings. The molecule has 0 fully saturated rings. The summed E-state index contributed by atoms with van der Waals surface area (Å²) in [6.07, 6.45) is 1.64. The van der Waals surface area contributed by atoms with Gasteiger partial charge in [-0.2, -0.15) is 0 Å². The van der Waals surface area contributed by atoms with E-state index in [0.717, 1.165) is 15.7 Å². The zero-order valence-electron chi connectivity index (χ0n) is 20.0. The summed E-state index contributed by atoms with van der Waals surface area (Å²) in [5, 5.41) is 17.2. The van der Waals surface area contributed by atoms with Gasteiger partial charge in [0.2, 0.25) is 5.91 Å². The van der Waals surface area contributed by atoms with E-state index in [4.69, 9.17) is 0 Å². The molecule has 0 aliphatic carbocycles. The fourth-order valence-electron chi connectivity index (χ4n) is 3.31. The highest BCUT2D eigenvalue weighted by molar-refractivity contribution is 9.10. The molecule has 4 rings (SSSR count). The number of anilines is 1. The molecule has 2 N–H and O–H groups in total. The molecule has 2 amide bonds. The highest BCUT2D eigenvalue weighted by Gasteiger charge is 2.18. The van der Waals surface area contributed by atoms with Gasteiger partial charge in [-0.1, -0.05) is 60.6 Å². The number of benzene rings is 2. The second-order valence-corrected chi connectivity index (χ2v) is 11.6. The topological polar surface area (TPSA) is 102 Å². The number of rotatable bonds is 8. The van der Waals surface area contributed by atoms with E-state index in [2.05, 4.69) is 62.5 Å². The molecule has 0 bridgehead atoms. The van der Waals surface area contributed by atoms with Crippen LogP contribution in [0.2, 0.25) is 0 Å². The van der Waals surface area contributed by atoms with Crippen LogP contribution in [-0.2, 0) is 16.8 Å². The Labute approximate surface area is 226 Å². The smallest absolute Gasteiger partial charge is 0.251 e. The molecule has 4 aromatic rings. The molecule has 8 nitrogen and oxygen atoms in total. The quantitative estimate of drug-likeness (QED) is 0.267. The number of nitrogens with one attached hydrogen (secondary N) is 2. The highest BCUT2D eigenvalue weighted by atomic mass is 79.9. The highest BCUT2D eigenvalue weighted by Crippen LogP contribution is 2.25. The molecular formula is C25H25BrN6O2S2. The van der Waals surface area contributed by atoms with E-state index in [1.165, 1.54) is 23.1 Å². The minimum atomic E-state index is -0.196. The van der Waals surface area contributed by atoms with Gasteiger partial charge in [-0.05, 0) is 47.4 Å². The maximum Gasteiger partial charge on any atom is 0.251 e. The lowest BCUT2D eigenvalue weighted by Gasteiger charge is -2.19. The molecule has 0 atom stereocenters. The molecule has 2 aromatic heterocycles. The van der Waals surface area contributed by atoms with Crippen molar-refractivity contribution in [2.24, 2.45) is 0 Å². The van der Waals surface area contributed by atoms with Crippen molar-refractivity contribution in [1.29, 1.82) is 0 Å². The number of hydrogen-bond donors (Lipinski definition) is 2. The van der Waals surface area contributed by atoms with Crippen LogP contribution in [0.25, 0.3) is 5.69 Å². The van der Waals surface area contributed by atoms with Crippen LogP contribution in [0.1, 0.15) is 42.5 Å². The average Bonchev–Trinajstić information content (AvgIpc) is 3.51. The van der Waals surface area contributed by atoms with Gasteiger partial charge in [0.15, 0.2) is 16.1 Å². The molecule has 0 saturated heterocycles. The molecule has 0 aliphatic heterocycles. The predicted octanol–water partition coefficient (Wildman–Crippen LogP) is 5.44. The van der Waals surface area contributed by atoms with Crippen molar-refractivity contribution in [3.8, 4) is 5.69 Å². The molecule has 186 valence electrons. The first-order chi connectivity index (χ1) is 17.2. The van der Waals surface area contributed by atoms with E-state index in [-0.39, 0.29) is 29.5 Å². The minimum Gasteiger partial charge on any atom is -0.345 e. The molecule has 0 radical (unpaired) electrons. The lowest BCUT2D eigenvalue weighted by atomic mass is 9.87. The van der Waals surface area contributed by atoms with Gasteiger partial charge in [-0.25, -0.2) is 4.98 Å². The first-order valence-electron chi connectivity index (χ1n) is 11.1. The molecular weight excluding hydrogens is 560 g/mol. The number of nitrogens with zero attached hydrogens (tertiary/aromatic N) is 4. The summed E-state index contributed by atoms with van der Waals surface area (Å²) in [4.78, 5) is 29.2.